The van der Waals surface area contributed by atoms with E-state index < -0.39 is 71.0 Å². The number of fused-ring (bicyclic) bond motifs is 5. The predicted octanol–water partition coefficient (Wildman–Crippen LogP) is 9.01. The highest BCUT2D eigenvalue weighted by atomic mass is 32.1. The smallest absolute Gasteiger partial charge is 0.421 e. The van der Waals surface area contributed by atoms with Crippen LogP contribution in [-0.4, -0.2) is 78.0 Å². The minimum atomic E-state index is -2.25. The number of para-hydroxylation sites is 3. The summed E-state index contributed by atoms with van der Waals surface area (Å²) in [7, 11) is 0. The van der Waals surface area contributed by atoms with E-state index in [2.05, 4.69) is 27.5 Å². The quantitative estimate of drug-likeness (QED) is 0.0505. The lowest BCUT2D eigenvalue weighted by Gasteiger charge is -2.46. The lowest BCUT2D eigenvalue weighted by Crippen LogP contribution is -2.54. The normalized spacial score (nSPS) is 20.4. The number of rotatable bonds is 12. The van der Waals surface area contributed by atoms with E-state index in [9.17, 15) is 15.2 Å². The number of nitrogens with zero attached hydrogens (tertiary/aromatic N) is 7. The van der Waals surface area contributed by atoms with Gasteiger partial charge >= 0.3 is 12.1 Å². The van der Waals surface area contributed by atoms with Crippen LogP contribution in [0.2, 0.25) is 0 Å². The number of nitro benzene ring substituents is 1. The van der Waals surface area contributed by atoms with E-state index >= 15 is 19.2 Å². The van der Waals surface area contributed by atoms with Crippen molar-refractivity contribution in [3.8, 4) is 17.6 Å². The number of anilines is 2. The maximum Gasteiger partial charge on any atom is 0.421 e. The van der Waals surface area contributed by atoms with Gasteiger partial charge in [-0.05, 0) is 82.9 Å². The fourth-order valence-corrected chi connectivity index (χ4v) is 12.1. The predicted molar refractivity (Wildman–Crippen MR) is 287 cm³/mol. The maximum atomic E-state index is 16.9. The molecule has 78 heavy (non-hydrogen) atoms. The Hall–Kier alpha value is -9.61. The summed E-state index contributed by atoms with van der Waals surface area (Å²) >= 11 is 1.21. The Balaban J connectivity index is 1.11. The van der Waals surface area contributed by atoms with Crippen LogP contribution in [0.15, 0.2) is 176 Å². The molecule has 2 saturated heterocycles. The van der Waals surface area contributed by atoms with E-state index in [4.69, 9.17) is 19.2 Å². The molecule has 386 valence electrons. The van der Waals surface area contributed by atoms with Crippen LogP contribution in [0, 0.1) is 27.9 Å². The summed E-state index contributed by atoms with van der Waals surface area (Å²) in [6, 6.07) is 46.7. The lowest BCUT2D eigenvalue weighted by atomic mass is 9.65. The van der Waals surface area contributed by atoms with Crippen LogP contribution in [0.5, 0.6) is 5.75 Å². The standard InChI is InChI=1S/C59H44N8O10S/c68-32-33-75-47-23-11-7-19-41(47)53-59(49(54(69)61-57-60-44-21-9-12-24-48(44)78-57)51-55(70)77-52(39-17-5-2-6-18-39)50(66(51)53)38-15-3-1-4-16-38)42-34-36(14-13-31-64-46-22-10-8-20-43(46)62-63-64)27-30-45(42)65(56(59)71)58(72)76-35-37-25-28-40(29-26-37)67(73)74/h1-12,15-30,34,49-53,68H,31-33,35H2,(H,60,61,69)/t49-,50-,51-,52+,53+,59-/m1/s1. The number of esters is 1. The summed E-state index contributed by atoms with van der Waals surface area (Å²) < 4.78 is 21.3. The summed E-state index contributed by atoms with van der Waals surface area (Å²) in [5, 5.41) is 33.5. The van der Waals surface area contributed by atoms with Gasteiger partial charge in [-0.25, -0.2) is 19.4 Å². The number of nitrogens with one attached hydrogen (secondary N) is 1. The van der Waals surface area contributed by atoms with Gasteiger partial charge in [0.2, 0.25) is 11.8 Å². The van der Waals surface area contributed by atoms with Gasteiger partial charge in [0.05, 0.1) is 51.0 Å². The summed E-state index contributed by atoms with van der Waals surface area (Å²) in [6.45, 7) is -0.816. The molecule has 7 aromatic carbocycles. The average molecular weight is 1060 g/mol. The number of aliphatic hydroxyl groups is 1. The Kier molecular flexibility index (Phi) is 12.9. The van der Waals surface area contributed by atoms with Gasteiger partial charge in [-0.2, -0.15) is 0 Å². The van der Waals surface area contributed by atoms with E-state index in [1.165, 1.54) is 35.6 Å². The minimum absolute atomic E-state index is 0.0437. The highest BCUT2D eigenvalue weighted by Crippen LogP contribution is 2.67. The van der Waals surface area contributed by atoms with Crippen molar-refractivity contribution in [1.29, 1.82) is 0 Å². The number of nitro groups is 1. The number of imide groups is 1. The number of carbonyl (C=O) groups is 4. The number of thiazole rings is 1. The molecular weight excluding hydrogens is 1010 g/mol. The molecule has 0 unspecified atom stereocenters. The molecule has 3 aliphatic rings. The number of benzene rings is 7. The molecule has 12 rings (SSSR count). The van der Waals surface area contributed by atoms with E-state index in [-0.39, 0.29) is 47.6 Å². The molecule has 3 aliphatic heterocycles. The second-order valence-corrected chi connectivity index (χ2v) is 19.8. The van der Waals surface area contributed by atoms with Gasteiger partial charge in [-0.15, -0.1) is 5.10 Å². The van der Waals surface area contributed by atoms with Crippen molar-refractivity contribution >= 4 is 73.0 Å². The lowest BCUT2D eigenvalue weighted by molar-refractivity contribution is -0.384. The first kappa shape index (κ1) is 49.3. The number of aromatic nitrogens is 4. The summed E-state index contributed by atoms with van der Waals surface area (Å²) in [6.07, 6.45) is -2.14. The fourth-order valence-electron chi connectivity index (χ4n) is 11.2. The van der Waals surface area contributed by atoms with Gasteiger partial charge < -0.3 is 24.6 Å². The molecule has 3 amide bonds. The molecule has 2 fully saturated rings. The molecule has 1 spiro atoms. The third kappa shape index (κ3) is 8.53. The Bertz CT molecular complexity index is 3850. The summed E-state index contributed by atoms with van der Waals surface area (Å²) in [5.41, 5.74) is 2.26. The molecule has 5 heterocycles. The first-order valence-corrected chi connectivity index (χ1v) is 25.7. The topological polar surface area (TPSA) is 221 Å². The van der Waals surface area contributed by atoms with Gasteiger partial charge in [-0.1, -0.05) is 132 Å². The van der Waals surface area contributed by atoms with Crippen LogP contribution in [0.25, 0.3) is 21.3 Å². The van der Waals surface area contributed by atoms with E-state index in [0.717, 1.165) is 15.1 Å². The van der Waals surface area contributed by atoms with Crippen LogP contribution in [0.1, 0.15) is 51.6 Å². The van der Waals surface area contributed by atoms with Crippen LogP contribution in [0.3, 0.4) is 0 Å². The van der Waals surface area contributed by atoms with E-state index in [1.54, 1.807) is 53.2 Å². The number of amides is 3. The number of non-ortho nitro benzene ring substituents is 1. The van der Waals surface area contributed by atoms with Gasteiger partial charge in [0.1, 0.15) is 48.6 Å². The van der Waals surface area contributed by atoms with Gasteiger partial charge in [0, 0.05) is 23.3 Å². The third-order valence-corrected chi connectivity index (χ3v) is 15.4. The molecule has 9 aromatic rings. The number of carbonyl (C=O) groups excluding carboxylic acids is 4. The zero-order valence-electron chi connectivity index (χ0n) is 41.1. The summed E-state index contributed by atoms with van der Waals surface area (Å²) in [4.78, 5) is 82.3. The van der Waals surface area contributed by atoms with Crippen molar-refractivity contribution in [3.63, 3.8) is 0 Å². The minimum Gasteiger partial charge on any atom is -0.491 e. The van der Waals surface area contributed by atoms with Crippen LogP contribution >= 0.6 is 11.3 Å². The fraction of sp³-hybridized carbons (Fsp3) is 0.169. The molecule has 19 heteroatoms. The first-order chi connectivity index (χ1) is 38.1. The second kappa shape index (κ2) is 20.5. The monoisotopic (exact) mass is 1060 g/mol. The largest absolute Gasteiger partial charge is 0.491 e. The molecule has 2 N–H and O–H groups in total. The number of aliphatic hydroxyl groups excluding tert-OH is 1. The molecule has 0 saturated carbocycles. The molecule has 2 aromatic heterocycles. The van der Waals surface area contributed by atoms with Gasteiger partial charge in [0.15, 0.2) is 5.13 Å². The number of morpholine rings is 1. The highest BCUT2D eigenvalue weighted by molar-refractivity contribution is 7.22. The summed E-state index contributed by atoms with van der Waals surface area (Å²) in [5.74, 6) is 2.43. The van der Waals surface area contributed by atoms with Crippen molar-refractivity contribution in [2.75, 3.05) is 23.4 Å². The molecule has 0 aliphatic carbocycles. The molecule has 0 radical (unpaired) electrons. The van der Waals surface area contributed by atoms with Crippen molar-refractivity contribution < 1.29 is 43.4 Å². The molecule has 6 atom stereocenters. The average Bonchev–Trinajstić information content (AvgIpc) is 4.21. The van der Waals surface area contributed by atoms with Crippen molar-refractivity contribution in [1.82, 2.24) is 24.9 Å². The van der Waals surface area contributed by atoms with Gasteiger partial charge in [0.25, 0.3) is 5.69 Å². The highest BCUT2D eigenvalue weighted by Gasteiger charge is 2.76. The van der Waals surface area contributed by atoms with Crippen molar-refractivity contribution in [3.05, 3.63) is 219 Å². The van der Waals surface area contributed by atoms with Crippen LogP contribution < -0.4 is 15.0 Å². The second-order valence-electron chi connectivity index (χ2n) is 18.7. The molecule has 18 nitrogen and oxygen atoms in total. The molecule has 0 bridgehead atoms. The van der Waals surface area contributed by atoms with E-state index in [0.29, 0.717) is 38.9 Å². The Morgan fingerprint density at radius 3 is 2.28 bits per heavy atom. The van der Waals surface area contributed by atoms with Crippen molar-refractivity contribution in [2.45, 2.75) is 42.8 Å². The maximum absolute atomic E-state index is 16.9. The number of cyclic esters (lactones) is 1. The third-order valence-electron chi connectivity index (χ3n) is 14.4. The van der Waals surface area contributed by atoms with Gasteiger partial charge in [-0.3, -0.25) is 29.4 Å². The first-order valence-electron chi connectivity index (χ1n) is 24.9. The Morgan fingerprint density at radius 2 is 1.53 bits per heavy atom. The Labute approximate surface area is 448 Å². The molecular formula is C59H44N8O10S. The van der Waals surface area contributed by atoms with Crippen LogP contribution in [0.4, 0.5) is 21.3 Å². The zero-order chi connectivity index (χ0) is 53.5. The Morgan fingerprint density at radius 1 is 0.821 bits per heavy atom. The number of hydrogen-bond donors (Lipinski definition) is 2. The SMILES string of the molecule is O=C1O[C@@H](c2ccccc2)[C@@H](c2ccccc2)N2[C@@H](c3ccccc3OCCO)[C@]3(C(=O)N(C(=O)OCc4ccc([N+](=O)[O-])cc4)c4ccc(C#CCn5nnc6ccccc65)cc43)[C@@H](C(=O)Nc3nc4ccccc4s3)[C@H]12. The zero-order valence-corrected chi connectivity index (χ0v) is 41.9. The van der Waals surface area contributed by atoms with Crippen LogP contribution in [-0.2, 0) is 42.4 Å². The number of ether oxygens (including phenoxy) is 3. The van der Waals surface area contributed by atoms with E-state index in [1.807, 2.05) is 108 Å². The number of hydrogen-bond acceptors (Lipinski definition) is 15. The van der Waals surface area contributed by atoms with Crippen molar-refractivity contribution in [2.24, 2.45) is 5.92 Å².